The number of carbonyl (C=O) groups is 2. The van der Waals surface area contributed by atoms with Crippen molar-refractivity contribution in [2.24, 2.45) is 5.92 Å². The third-order valence-electron chi connectivity index (χ3n) is 5.73. The first-order valence-corrected chi connectivity index (χ1v) is 13.4. The third-order valence-corrected chi connectivity index (χ3v) is 6.72. The van der Waals surface area contributed by atoms with E-state index >= 15 is 0 Å². The summed E-state index contributed by atoms with van der Waals surface area (Å²) in [7, 11) is 0. The molecule has 0 bridgehead atoms. The zero-order chi connectivity index (χ0) is 25.0. The quantitative estimate of drug-likeness (QED) is 0.359. The lowest BCUT2D eigenvalue weighted by atomic mass is 10.0. The fourth-order valence-electron chi connectivity index (χ4n) is 3.90. The fourth-order valence-corrected chi connectivity index (χ4v) is 4.77. The van der Waals surface area contributed by atoms with Gasteiger partial charge in [0.2, 0.25) is 11.8 Å². The van der Waals surface area contributed by atoms with Crippen LogP contribution in [0.1, 0.15) is 36.1 Å². The van der Waals surface area contributed by atoms with Crippen molar-refractivity contribution in [1.82, 2.24) is 10.2 Å². The Labute approximate surface area is 214 Å². The van der Waals surface area contributed by atoms with Crippen LogP contribution in [-0.2, 0) is 28.3 Å². The Bertz CT molecular complexity index is 1070. The monoisotopic (exact) mass is 488 g/mol. The molecule has 0 fully saturated rings. The SMILES string of the molecule is Cc1cccc(CN(C(=O)CSCc2ccccc2)[C@@H](Cc2ccccc2)C(=O)NCC(C)C)c1. The average molecular weight is 489 g/mol. The van der Waals surface area contributed by atoms with Crippen LogP contribution in [0.3, 0.4) is 0 Å². The van der Waals surface area contributed by atoms with Gasteiger partial charge >= 0.3 is 0 Å². The number of hydrogen-bond donors (Lipinski definition) is 1. The van der Waals surface area contributed by atoms with Gasteiger partial charge in [0.25, 0.3) is 0 Å². The summed E-state index contributed by atoms with van der Waals surface area (Å²) in [6.45, 7) is 7.17. The highest BCUT2D eigenvalue weighted by atomic mass is 32.2. The summed E-state index contributed by atoms with van der Waals surface area (Å²) in [5, 5.41) is 3.08. The van der Waals surface area contributed by atoms with Crippen LogP contribution < -0.4 is 5.32 Å². The van der Waals surface area contributed by atoms with Gasteiger partial charge in [-0.3, -0.25) is 9.59 Å². The number of amides is 2. The van der Waals surface area contributed by atoms with Gasteiger partial charge in [-0.1, -0.05) is 104 Å². The number of thioether (sulfide) groups is 1. The lowest BCUT2D eigenvalue weighted by molar-refractivity contribution is -0.139. The van der Waals surface area contributed by atoms with Crippen LogP contribution in [-0.4, -0.2) is 35.1 Å². The van der Waals surface area contributed by atoms with Crippen molar-refractivity contribution in [3.8, 4) is 0 Å². The summed E-state index contributed by atoms with van der Waals surface area (Å²) in [5.41, 5.74) is 4.39. The first-order valence-electron chi connectivity index (χ1n) is 12.2. The molecule has 1 atom stereocenters. The Hall–Kier alpha value is -3.05. The molecule has 184 valence electrons. The van der Waals surface area contributed by atoms with E-state index in [4.69, 9.17) is 0 Å². The summed E-state index contributed by atoms with van der Waals surface area (Å²) in [6, 6.07) is 27.7. The second-order valence-corrected chi connectivity index (χ2v) is 10.3. The van der Waals surface area contributed by atoms with Crippen molar-refractivity contribution in [3.63, 3.8) is 0 Å². The van der Waals surface area contributed by atoms with Crippen LogP contribution in [0.2, 0.25) is 0 Å². The molecule has 3 aromatic rings. The molecule has 0 aliphatic rings. The van der Waals surface area contributed by atoms with Gasteiger partial charge in [-0.2, -0.15) is 0 Å². The summed E-state index contributed by atoms with van der Waals surface area (Å²) in [6.07, 6.45) is 0.478. The molecule has 0 saturated carbocycles. The van der Waals surface area contributed by atoms with Gasteiger partial charge in [-0.25, -0.2) is 0 Å². The smallest absolute Gasteiger partial charge is 0.243 e. The zero-order valence-corrected chi connectivity index (χ0v) is 21.8. The molecule has 0 saturated heterocycles. The van der Waals surface area contributed by atoms with Crippen molar-refractivity contribution < 1.29 is 9.59 Å². The van der Waals surface area contributed by atoms with E-state index in [1.807, 2.05) is 73.7 Å². The average Bonchev–Trinajstić information content (AvgIpc) is 2.86. The number of hydrogen-bond acceptors (Lipinski definition) is 3. The number of benzene rings is 3. The van der Waals surface area contributed by atoms with E-state index in [1.165, 1.54) is 5.56 Å². The third kappa shape index (κ3) is 8.91. The lowest BCUT2D eigenvalue weighted by Gasteiger charge is -2.32. The van der Waals surface area contributed by atoms with Crippen molar-refractivity contribution in [3.05, 3.63) is 107 Å². The molecular weight excluding hydrogens is 452 g/mol. The highest BCUT2D eigenvalue weighted by Crippen LogP contribution is 2.19. The standard InChI is InChI=1S/C30H36N2O2S/c1-23(2)19-31-30(34)28(18-25-12-6-4-7-13-25)32(20-27-16-10-11-24(3)17-27)29(33)22-35-21-26-14-8-5-9-15-26/h4-17,23,28H,18-22H2,1-3H3,(H,31,34)/t28-/m0/s1. The van der Waals surface area contributed by atoms with Crippen molar-refractivity contribution >= 4 is 23.6 Å². The minimum Gasteiger partial charge on any atom is -0.354 e. The largest absolute Gasteiger partial charge is 0.354 e. The van der Waals surface area contributed by atoms with Crippen LogP contribution >= 0.6 is 11.8 Å². The molecule has 0 heterocycles. The van der Waals surface area contributed by atoms with Gasteiger partial charge in [0.05, 0.1) is 5.75 Å². The topological polar surface area (TPSA) is 49.4 Å². The van der Waals surface area contributed by atoms with Crippen molar-refractivity contribution in [1.29, 1.82) is 0 Å². The number of nitrogens with one attached hydrogen (secondary N) is 1. The highest BCUT2D eigenvalue weighted by Gasteiger charge is 2.30. The van der Waals surface area contributed by atoms with Crippen LogP contribution in [0.15, 0.2) is 84.9 Å². The van der Waals surface area contributed by atoms with Gasteiger partial charge in [0.1, 0.15) is 6.04 Å². The number of aryl methyl sites for hydroxylation is 1. The Morgan fingerprint density at radius 1 is 0.857 bits per heavy atom. The predicted molar refractivity (Wildman–Crippen MR) is 146 cm³/mol. The van der Waals surface area contributed by atoms with E-state index in [2.05, 4.69) is 37.4 Å². The minimum absolute atomic E-state index is 0.0203. The van der Waals surface area contributed by atoms with E-state index in [-0.39, 0.29) is 11.8 Å². The van der Waals surface area contributed by atoms with Gasteiger partial charge in [-0.05, 0) is 29.5 Å². The van der Waals surface area contributed by atoms with Crippen molar-refractivity contribution in [2.75, 3.05) is 12.3 Å². The zero-order valence-electron chi connectivity index (χ0n) is 20.9. The molecule has 0 aliphatic heterocycles. The van der Waals surface area contributed by atoms with Crippen LogP contribution in [0, 0.1) is 12.8 Å². The van der Waals surface area contributed by atoms with E-state index in [1.54, 1.807) is 16.7 Å². The maximum absolute atomic E-state index is 13.6. The van der Waals surface area contributed by atoms with Crippen LogP contribution in [0.25, 0.3) is 0 Å². The molecule has 0 aliphatic carbocycles. The van der Waals surface area contributed by atoms with Crippen molar-refractivity contribution in [2.45, 2.75) is 45.5 Å². The van der Waals surface area contributed by atoms with Gasteiger partial charge in [0, 0.05) is 25.3 Å². The molecule has 3 rings (SSSR count). The predicted octanol–water partition coefficient (Wildman–Crippen LogP) is 5.64. The van der Waals surface area contributed by atoms with E-state index in [0.717, 1.165) is 22.4 Å². The second kappa shape index (κ2) is 13.7. The Balaban J connectivity index is 1.84. The molecule has 2 amide bonds. The summed E-state index contributed by atoms with van der Waals surface area (Å²) in [4.78, 5) is 28.8. The molecule has 0 unspecified atom stereocenters. The molecule has 1 N–H and O–H groups in total. The maximum Gasteiger partial charge on any atom is 0.243 e. The van der Waals surface area contributed by atoms with E-state index < -0.39 is 6.04 Å². The minimum atomic E-state index is -0.582. The normalized spacial score (nSPS) is 11.8. The molecule has 5 heteroatoms. The molecule has 0 radical (unpaired) electrons. The Kier molecular flexibility index (Phi) is 10.4. The van der Waals surface area contributed by atoms with Gasteiger partial charge < -0.3 is 10.2 Å². The summed E-state index contributed by atoms with van der Waals surface area (Å²) in [5.74, 6) is 1.29. The molecule has 35 heavy (non-hydrogen) atoms. The Morgan fingerprint density at radius 2 is 1.49 bits per heavy atom. The molecule has 0 spiro atoms. The molecule has 3 aromatic carbocycles. The lowest BCUT2D eigenvalue weighted by Crippen LogP contribution is -2.51. The first kappa shape index (κ1) is 26.6. The van der Waals surface area contributed by atoms with Gasteiger partial charge in [-0.15, -0.1) is 11.8 Å². The first-order chi connectivity index (χ1) is 16.9. The number of nitrogens with zero attached hydrogens (tertiary/aromatic N) is 1. The van der Waals surface area contributed by atoms with Crippen LogP contribution in [0.4, 0.5) is 0 Å². The molecule has 0 aromatic heterocycles. The van der Waals surface area contributed by atoms with E-state index in [0.29, 0.717) is 31.2 Å². The Morgan fingerprint density at radius 3 is 2.11 bits per heavy atom. The maximum atomic E-state index is 13.6. The van der Waals surface area contributed by atoms with Crippen LogP contribution in [0.5, 0.6) is 0 Å². The van der Waals surface area contributed by atoms with Gasteiger partial charge in [0.15, 0.2) is 0 Å². The summed E-state index contributed by atoms with van der Waals surface area (Å²) >= 11 is 1.59. The number of rotatable bonds is 12. The second-order valence-electron chi connectivity index (χ2n) is 9.33. The summed E-state index contributed by atoms with van der Waals surface area (Å²) < 4.78 is 0. The molecular formula is C30H36N2O2S. The highest BCUT2D eigenvalue weighted by molar-refractivity contribution is 7.99. The van der Waals surface area contributed by atoms with E-state index in [9.17, 15) is 9.59 Å². The number of carbonyl (C=O) groups excluding carboxylic acids is 2. The molecule has 4 nitrogen and oxygen atoms in total. The fraction of sp³-hybridized carbons (Fsp3) is 0.333.